The highest BCUT2D eigenvalue weighted by Gasteiger charge is 2.09. The quantitative estimate of drug-likeness (QED) is 0.642. The summed E-state index contributed by atoms with van der Waals surface area (Å²) < 4.78 is 0. The van der Waals surface area contributed by atoms with E-state index in [0.29, 0.717) is 5.41 Å². The highest BCUT2D eigenvalue weighted by atomic mass is 15.1. The van der Waals surface area contributed by atoms with Crippen molar-refractivity contribution in [3.05, 3.63) is 11.8 Å². The lowest BCUT2D eigenvalue weighted by atomic mass is 9.90. The Morgan fingerprint density at radius 1 is 1.29 bits per heavy atom. The van der Waals surface area contributed by atoms with Crippen LogP contribution < -0.4 is 0 Å². The van der Waals surface area contributed by atoms with Gasteiger partial charge >= 0.3 is 0 Å². The first-order valence-electron chi connectivity index (χ1n) is 5.72. The third-order valence-corrected chi connectivity index (χ3v) is 2.44. The molecule has 0 aliphatic carbocycles. The SMILES string of the molecule is CC/C(C)=C/N(C)CCCC(C)(C)C. The smallest absolute Gasteiger partial charge is 0.0169 e. The van der Waals surface area contributed by atoms with E-state index in [1.54, 1.807) is 0 Å². The minimum Gasteiger partial charge on any atom is -0.380 e. The summed E-state index contributed by atoms with van der Waals surface area (Å²) >= 11 is 0. The fourth-order valence-electron chi connectivity index (χ4n) is 1.39. The van der Waals surface area contributed by atoms with Crippen LogP contribution in [0.1, 0.15) is 53.9 Å². The molecule has 0 bridgehead atoms. The van der Waals surface area contributed by atoms with Crippen LogP contribution in [-0.4, -0.2) is 18.5 Å². The molecule has 0 aromatic heterocycles. The molecule has 0 aliphatic rings. The number of allylic oxidation sites excluding steroid dienone is 1. The zero-order valence-corrected chi connectivity index (χ0v) is 10.9. The van der Waals surface area contributed by atoms with Gasteiger partial charge in [-0.2, -0.15) is 0 Å². The Morgan fingerprint density at radius 2 is 1.86 bits per heavy atom. The Kier molecular flexibility index (Phi) is 5.90. The standard InChI is InChI=1S/C13H27N/c1-7-12(2)11-14(6)10-8-9-13(3,4)5/h11H,7-10H2,1-6H3/b12-11+. The molecule has 0 heterocycles. The van der Waals surface area contributed by atoms with E-state index in [2.05, 4.69) is 52.8 Å². The van der Waals surface area contributed by atoms with E-state index in [1.807, 2.05) is 0 Å². The highest BCUT2D eigenvalue weighted by Crippen LogP contribution is 2.20. The highest BCUT2D eigenvalue weighted by molar-refractivity contribution is 4.95. The van der Waals surface area contributed by atoms with Gasteiger partial charge in [0.05, 0.1) is 0 Å². The molecule has 0 atom stereocenters. The second-order valence-corrected chi connectivity index (χ2v) is 5.47. The van der Waals surface area contributed by atoms with Gasteiger partial charge in [0.2, 0.25) is 0 Å². The van der Waals surface area contributed by atoms with Gasteiger partial charge in [0, 0.05) is 13.6 Å². The van der Waals surface area contributed by atoms with Crippen LogP contribution in [0.4, 0.5) is 0 Å². The van der Waals surface area contributed by atoms with Gasteiger partial charge < -0.3 is 4.90 Å². The van der Waals surface area contributed by atoms with Crippen molar-refractivity contribution in [1.82, 2.24) is 4.90 Å². The average molecular weight is 197 g/mol. The third-order valence-electron chi connectivity index (χ3n) is 2.44. The minimum atomic E-state index is 0.477. The monoisotopic (exact) mass is 197 g/mol. The van der Waals surface area contributed by atoms with Crippen molar-refractivity contribution in [1.29, 1.82) is 0 Å². The Labute approximate surface area is 90.2 Å². The summed E-state index contributed by atoms with van der Waals surface area (Å²) in [5, 5.41) is 0. The van der Waals surface area contributed by atoms with E-state index in [9.17, 15) is 0 Å². The Morgan fingerprint density at radius 3 is 2.29 bits per heavy atom. The maximum Gasteiger partial charge on any atom is 0.0169 e. The zero-order valence-electron chi connectivity index (χ0n) is 10.9. The normalized spacial score (nSPS) is 13.1. The van der Waals surface area contributed by atoms with Crippen LogP contribution >= 0.6 is 0 Å². The molecule has 1 nitrogen and oxygen atoms in total. The first-order valence-corrected chi connectivity index (χ1v) is 5.72. The molecule has 0 aromatic carbocycles. The molecule has 0 aromatic rings. The maximum absolute atomic E-state index is 2.31. The molecule has 1 heteroatoms. The van der Waals surface area contributed by atoms with Crippen LogP contribution in [0.2, 0.25) is 0 Å². The summed E-state index contributed by atoms with van der Waals surface area (Å²) in [6.45, 7) is 12.5. The Bertz CT molecular complexity index is 174. The van der Waals surface area contributed by atoms with Crippen molar-refractivity contribution >= 4 is 0 Å². The first-order chi connectivity index (χ1) is 6.35. The van der Waals surface area contributed by atoms with Crippen LogP contribution in [0.5, 0.6) is 0 Å². The summed E-state index contributed by atoms with van der Waals surface area (Å²) in [7, 11) is 2.17. The Hall–Kier alpha value is -0.460. The molecule has 0 saturated heterocycles. The number of hydrogen-bond acceptors (Lipinski definition) is 1. The molecule has 84 valence electrons. The zero-order chi connectivity index (χ0) is 11.2. The summed E-state index contributed by atoms with van der Waals surface area (Å²) in [5.41, 5.74) is 1.94. The van der Waals surface area contributed by atoms with Crippen molar-refractivity contribution in [3.63, 3.8) is 0 Å². The molecule has 0 rings (SSSR count). The molecule has 0 N–H and O–H groups in total. The van der Waals surface area contributed by atoms with Gasteiger partial charge in [-0.15, -0.1) is 0 Å². The summed E-state index contributed by atoms with van der Waals surface area (Å²) in [5.74, 6) is 0. The van der Waals surface area contributed by atoms with Crippen LogP contribution in [0.15, 0.2) is 11.8 Å². The van der Waals surface area contributed by atoms with Gasteiger partial charge in [0.25, 0.3) is 0 Å². The summed E-state index contributed by atoms with van der Waals surface area (Å²) in [4.78, 5) is 2.31. The largest absolute Gasteiger partial charge is 0.380 e. The van der Waals surface area contributed by atoms with E-state index < -0.39 is 0 Å². The van der Waals surface area contributed by atoms with Crippen molar-refractivity contribution in [2.45, 2.75) is 53.9 Å². The van der Waals surface area contributed by atoms with E-state index in [-0.39, 0.29) is 0 Å². The third kappa shape index (κ3) is 8.15. The predicted molar refractivity (Wildman–Crippen MR) is 65.4 cm³/mol. The minimum absolute atomic E-state index is 0.477. The van der Waals surface area contributed by atoms with Crippen molar-refractivity contribution in [3.8, 4) is 0 Å². The van der Waals surface area contributed by atoms with Gasteiger partial charge in [-0.1, -0.05) is 33.3 Å². The van der Waals surface area contributed by atoms with Gasteiger partial charge in [-0.3, -0.25) is 0 Å². The average Bonchev–Trinajstić information content (AvgIpc) is 2.01. The molecular weight excluding hydrogens is 170 g/mol. The molecule has 0 aliphatic heterocycles. The first kappa shape index (κ1) is 13.5. The van der Waals surface area contributed by atoms with Gasteiger partial charge in [0.15, 0.2) is 0 Å². The predicted octanol–water partition coefficient (Wildman–Crippen LogP) is 4.06. The lowest BCUT2D eigenvalue weighted by Crippen LogP contribution is -2.15. The topological polar surface area (TPSA) is 3.24 Å². The molecular formula is C13H27N. The van der Waals surface area contributed by atoms with Crippen LogP contribution in [-0.2, 0) is 0 Å². The number of nitrogens with zero attached hydrogens (tertiary/aromatic N) is 1. The van der Waals surface area contributed by atoms with E-state index in [0.717, 1.165) is 6.42 Å². The Balaban J connectivity index is 3.70. The molecule has 0 saturated carbocycles. The second kappa shape index (κ2) is 6.10. The molecule has 0 unspecified atom stereocenters. The second-order valence-electron chi connectivity index (χ2n) is 5.47. The van der Waals surface area contributed by atoms with E-state index >= 15 is 0 Å². The van der Waals surface area contributed by atoms with Crippen LogP contribution in [0.3, 0.4) is 0 Å². The fourth-order valence-corrected chi connectivity index (χ4v) is 1.39. The molecule has 0 radical (unpaired) electrons. The van der Waals surface area contributed by atoms with Gasteiger partial charge in [0.1, 0.15) is 0 Å². The summed E-state index contributed by atoms with van der Waals surface area (Å²) in [6, 6.07) is 0. The fraction of sp³-hybridized carbons (Fsp3) is 0.846. The van der Waals surface area contributed by atoms with Crippen LogP contribution in [0.25, 0.3) is 0 Å². The number of rotatable bonds is 5. The van der Waals surface area contributed by atoms with Crippen molar-refractivity contribution in [2.24, 2.45) is 5.41 Å². The molecule has 0 amide bonds. The van der Waals surface area contributed by atoms with Crippen molar-refractivity contribution in [2.75, 3.05) is 13.6 Å². The molecule has 14 heavy (non-hydrogen) atoms. The summed E-state index contributed by atoms with van der Waals surface area (Å²) in [6.07, 6.45) is 6.01. The van der Waals surface area contributed by atoms with Crippen LogP contribution in [0, 0.1) is 5.41 Å². The molecule has 0 spiro atoms. The molecule has 0 fully saturated rings. The van der Waals surface area contributed by atoms with E-state index in [1.165, 1.54) is 25.0 Å². The van der Waals surface area contributed by atoms with E-state index in [4.69, 9.17) is 0 Å². The number of hydrogen-bond donors (Lipinski definition) is 0. The lowest BCUT2D eigenvalue weighted by Gasteiger charge is -2.21. The lowest BCUT2D eigenvalue weighted by molar-refractivity contribution is 0.331. The van der Waals surface area contributed by atoms with Crippen molar-refractivity contribution < 1.29 is 0 Å². The van der Waals surface area contributed by atoms with Gasteiger partial charge in [-0.05, 0) is 37.8 Å². The maximum atomic E-state index is 2.31. The van der Waals surface area contributed by atoms with Gasteiger partial charge in [-0.25, -0.2) is 0 Å².